The smallest absolute Gasteiger partial charge is 0.137 e. The highest BCUT2D eigenvalue weighted by Crippen LogP contribution is 2.36. The van der Waals surface area contributed by atoms with Gasteiger partial charge in [0.25, 0.3) is 0 Å². The fourth-order valence-corrected chi connectivity index (χ4v) is 3.78. The average Bonchev–Trinajstić information content (AvgIpc) is 3.03. The van der Waals surface area contributed by atoms with Gasteiger partial charge in [-0.15, -0.1) is 0 Å². The lowest BCUT2D eigenvalue weighted by atomic mass is 9.94. The lowest BCUT2D eigenvalue weighted by Crippen LogP contribution is -2.32. The highest BCUT2D eigenvalue weighted by atomic mass is 16.5. The predicted molar refractivity (Wildman–Crippen MR) is 102 cm³/mol. The number of nitrogens with zero attached hydrogens (tertiary/aromatic N) is 4. The van der Waals surface area contributed by atoms with Gasteiger partial charge in [-0.05, 0) is 56.7 Å². The second-order valence-electron chi connectivity index (χ2n) is 6.98. The van der Waals surface area contributed by atoms with Crippen LogP contribution in [0.3, 0.4) is 0 Å². The van der Waals surface area contributed by atoms with E-state index in [4.69, 9.17) is 10.00 Å². The Kier molecular flexibility index (Phi) is 6.21. The first-order valence-corrected chi connectivity index (χ1v) is 9.09. The summed E-state index contributed by atoms with van der Waals surface area (Å²) in [4.78, 5) is 9.04. The molecule has 0 N–H and O–H groups in total. The Morgan fingerprint density at radius 1 is 1.31 bits per heavy atom. The zero-order valence-electron chi connectivity index (χ0n) is 15.5. The molecule has 0 bridgehead atoms. The number of para-hydroxylation sites is 1. The Bertz CT molecular complexity index is 743. The number of pyridine rings is 1. The van der Waals surface area contributed by atoms with Gasteiger partial charge in [0.05, 0.1) is 5.56 Å². The molecule has 1 fully saturated rings. The van der Waals surface area contributed by atoms with E-state index in [1.54, 1.807) is 6.07 Å². The van der Waals surface area contributed by atoms with Crippen molar-refractivity contribution in [1.29, 1.82) is 5.26 Å². The van der Waals surface area contributed by atoms with Crippen LogP contribution in [0.15, 0.2) is 48.8 Å². The molecule has 2 aromatic rings. The maximum Gasteiger partial charge on any atom is 0.137 e. The molecule has 2 atom stereocenters. The van der Waals surface area contributed by atoms with E-state index in [2.05, 4.69) is 41.0 Å². The van der Waals surface area contributed by atoms with Crippen LogP contribution in [0.5, 0.6) is 5.75 Å². The van der Waals surface area contributed by atoms with Gasteiger partial charge in [0.15, 0.2) is 0 Å². The summed E-state index contributed by atoms with van der Waals surface area (Å²) in [5.74, 6) is 1.25. The number of rotatable bonds is 7. The molecular weight excluding hydrogens is 324 g/mol. The maximum atomic E-state index is 9.13. The number of likely N-dealkylation sites (N-methyl/N-ethyl adjacent to an activating group) is 1. The molecule has 1 aromatic heterocycles. The summed E-state index contributed by atoms with van der Waals surface area (Å²) in [5.41, 5.74) is 1.88. The number of aromatic nitrogens is 1. The van der Waals surface area contributed by atoms with E-state index in [9.17, 15) is 0 Å². The van der Waals surface area contributed by atoms with Gasteiger partial charge in [0.2, 0.25) is 0 Å². The molecule has 1 saturated heterocycles. The van der Waals surface area contributed by atoms with Gasteiger partial charge in [-0.1, -0.05) is 18.2 Å². The number of benzene rings is 1. The summed E-state index contributed by atoms with van der Waals surface area (Å²) in [6.45, 7) is 3.55. The minimum Gasteiger partial charge on any atom is -0.491 e. The monoisotopic (exact) mass is 350 g/mol. The highest BCUT2D eigenvalue weighted by Gasteiger charge is 2.33. The Morgan fingerprint density at radius 3 is 2.92 bits per heavy atom. The summed E-state index contributed by atoms with van der Waals surface area (Å²) in [6, 6.07) is 14.2. The van der Waals surface area contributed by atoms with E-state index in [0.29, 0.717) is 29.9 Å². The number of hydrogen-bond donors (Lipinski definition) is 0. The number of ether oxygens (including phenoxy) is 1. The Balaban J connectivity index is 1.53. The second kappa shape index (κ2) is 8.79. The van der Waals surface area contributed by atoms with Crippen LogP contribution in [-0.4, -0.2) is 55.1 Å². The third kappa shape index (κ3) is 4.40. The van der Waals surface area contributed by atoms with Gasteiger partial charge in [-0.2, -0.15) is 5.26 Å². The molecule has 3 rings (SSSR count). The lowest BCUT2D eigenvalue weighted by Gasteiger charge is -2.28. The molecule has 2 heterocycles. The molecule has 0 saturated carbocycles. The van der Waals surface area contributed by atoms with Crippen LogP contribution in [0.1, 0.15) is 23.6 Å². The molecule has 5 heteroatoms. The fraction of sp³-hybridized carbons (Fsp3) is 0.429. The van der Waals surface area contributed by atoms with Crippen molar-refractivity contribution in [2.24, 2.45) is 5.92 Å². The van der Waals surface area contributed by atoms with Gasteiger partial charge in [0, 0.05) is 31.5 Å². The SMILES string of the molecule is CN(CCOc1ccccc1C#N)C[C@@H]1CCN(C)[C@H]1c1cccnc1. The first-order valence-electron chi connectivity index (χ1n) is 9.09. The topological polar surface area (TPSA) is 52.4 Å². The van der Waals surface area contributed by atoms with Crippen molar-refractivity contribution < 1.29 is 4.74 Å². The number of nitriles is 1. The third-order valence-corrected chi connectivity index (χ3v) is 5.08. The molecule has 1 aliphatic heterocycles. The van der Waals surface area contributed by atoms with Crippen LogP contribution in [0, 0.1) is 17.2 Å². The first-order chi connectivity index (χ1) is 12.7. The molecule has 1 aliphatic rings. The van der Waals surface area contributed by atoms with E-state index < -0.39 is 0 Å². The average molecular weight is 350 g/mol. The van der Waals surface area contributed by atoms with Crippen molar-refractivity contribution in [2.45, 2.75) is 12.5 Å². The Hall–Kier alpha value is -2.42. The van der Waals surface area contributed by atoms with Crippen molar-refractivity contribution in [3.63, 3.8) is 0 Å². The molecule has 0 unspecified atom stereocenters. The zero-order chi connectivity index (χ0) is 18.4. The van der Waals surface area contributed by atoms with Gasteiger partial charge >= 0.3 is 0 Å². The molecule has 5 nitrogen and oxygen atoms in total. The minimum absolute atomic E-state index is 0.423. The summed E-state index contributed by atoms with van der Waals surface area (Å²) in [6.07, 6.45) is 5.01. The largest absolute Gasteiger partial charge is 0.491 e. The van der Waals surface area contributed by atoms with Crippen molar-refractivity contribution in [1.82, 2.24) is 14.8 Å². The standard InChI is InChI=1S/C21H26N4O/c1-24(12-13-26-20-8-4-3-6-17(20)14-22)16-19-9-11-25(2)21(19)18-7-5-10-23-15-18/h3-8,10,15,19,21H,9,11-13,16H2,1-2H3/t19-,21-/m0/s1. The van der Waals surface area contributed by atoms with Gasteiger partial charge in [-0.3, -0.25) is 9.88 Å². The molecule has 0 radical (unpaired) electrons. The Morgan fingerprint density at radius 2 is 2.15 bits per heavy atom. The van der Waals surface area contributed by atoms with Crippen LogP contribution < -0.4 is 4.74 Å². The van der Waals surface area contributed by atoms with Crippen LogP contribution in [0.4, 0.5) is 0 Å². The molecule has 0 spiro atoms. The summed E-state index contributed by atoms with van der Waals surface area (Å²) in [5, 5.41) is 9.13. The van der Waals surface area contributed by atoms with Crippen molar-refractivity contribution in [2.75, 3.05) is 40.3 Å². The van der Waals surface area contributed by atoms with Crippen molar-refractivity contribution in [3.8, 4) is 11.8 Å². The summed E-state index contributed by atoms with van der Waals surface area (Å²) >= 11 is 0. The van der Waals surface area contributed by atoms with Gasteiger partial charge in [-0.25, -0.2) is 0 Å². The van der Waals surface area contributed by atoms with E-state index in [0.717, 1.165) is 19.6 Å². The summed E-state index contributed by atoms with van der Waals surface area (Å²) in [7, 11) is 4.33. The Labute approximate surface area is 155 Å². The van der Waals surface area contributed by atoms with Gasteiger partial charge in [0.1, 0.15) is 18.4 Å². The van der Waals surface area contributed by atoms with Crippen LogP contribution in [0.2, 0.25) is 0 Å². The highest BCUT2D eigenvalue weighted by molar-refractivity contribution is 5.42. The zero-order valence-corrected chi connectivity index (χ0v) is 15.5. The minimum atomic E-state index is 0.423. The quantitative estimate of drug-likeness (QED) is 0.768. The maximum absolute atomic E-state index is 9.13. The molecule has 0 amide bonds. The number of hydrogen-bond acceptors (Lipinski definition) is 5. The van der Waals surface area contributed by atoms with Gasteiger partial charge < -0.3 is 9.64 Å². The fourth-order valence-electron chi connectivity index (χ4n) is 3.78. The van der Waals surface area contributed by atoms with Crippen molar-refractivity contribution in [3.05, 3.63) is 59.9 Å². The van der Waals surface area contributed by atoms with Crippen LogP contribution >= 0.6 is 0 Å². The molecule has 136 valence electrons. The second-order valence-corrected chi connectivity index (χ2v) is 6.98. The van der Waals surface area contributed by atoms with E-state index in [1.807, 2.05) is 36.7 Å². The number of likely N-dealkylation sites (tertiary alicyclic amines) is 1. The van der Waals surface area contributed by atoms with E-state index in [1.165, 1.54) is 12.0 Å². The third-order valence-electron chi connectivity index (χ3n) is 5.08. The molecule has 26 heavy (non-hydrogen) atoms. The van der Waals surface area contributed by atoms with Crippen molar-refractivity contribution >= 4 is 0 Å². The molecule has 1 aromatic carbocycles. The van der Waals surface area contributed by atoms with E-state index in [-0.39, 0.29) is 0 Å². The van der Waals surface area contributed by atoms with Crippen LogP contribution in [0.25, 0.3) is 0 Å². The molecule has 0 aliphatic carbocycles. The molecular formula is C21H26N4O. The normalized spacial score (nSPS) is 20.2. The lowest BCUT2D eigenvalue weighted by molar-refractivity contribution is 0.190. The summed E-state index contributed by atoms with van der Waals surface area (Å²) < 4.78 is 5.81. The van der Waals surface area contributed by atoms with Crippen LogP contribution in [-0.2, 0) is 0 Å². The predicted octanol–water partition coefficient (Wildman–Crippen LogP) is 2.96. The first kappa shape index (κ1) is 18.4. The van der Waals surface area contributed by atoms with E-state index >= 15 is 0 Å².